The Labute approximate surface area is 122 Å². The molecule has 0 saturated heterocycles. The first kappa shape index (κ1) is 14.7. The van der Waals surface area contributed by atoms with Crippen molar-refractivity contribution in [2.75, 3.05) is 5.32 Å². The number of aromatic nitrogens is 3. The van der Waals surface area contributed by atoms with Gasteiger partial charge in [-0.1, -0.05) is 0 Å². The van der Waals surface area contributed by atoms with Crippen LogP contribution >= 0.6 is 0 Å². The molecule has 2 heterocycles. The monoisotopic (exact) mass is 287 g/mol. The van der Waals surface area contributed by atoms with Gasteiger partial charge in [-0.15, -0.1) is 0 Å². The third-order valence-corrected chi connectivity index (χ3v) is 2.84. The summed E-state index contributed by atoms with van der Waals surface area (Å²) in [5.41, 5.74) is 1.93. The minimum Gasteiger partial charge on any atom is -0.351 e. The molecule has 2 aromatic rings. The molecule has 0 saturated carbocycles. The first-order chi connectivity index (χ1) is 9.95. The van der Waals surface area contributed by atoms with E-state index < -0.39 is 0 Å². The maximum absolute atomic E-state index is 12.2. The van der Waals surface area contributed by atoms with Gasteiger partial charge in [0.15, 0.2) is 0 Å². The number of nitrogens with one attached hydrogen (secondary N) is 2. The van der Waals surface area contributed by atoms with Crippen molar-refractivity contribution in [3.05, 3.63) is 41.3 Å². The Bertz CT molecular complexity index is 678. The van der Waals surface area contributed by atoms with Crippen LogP contribution in [0.25, 0.3) is 0 Å². The van der Waals surface area contributed by atoms with Crippen LogP contribution in [0.2, 0.25) is 0 Å². The van der Waals surface area contributed by atoms with Gasteiger partial charge in [0.2, 0.25) is 5.91 Å². The van der Waals surface area contributed by atoms with E-state index in [4.69, 9.17) is 0 Å². The molecule has 2 aromatic heterocycles. The minimum atomic E-state index is -0.246. The van der Waals surface area contributed by atoms with E-state index in [0.717, 1.165) is 5.69 Å². The van der Waals surface area contributed by atoms with Crippen LogP contribution in [0.4, 0.5) is 5.82 Å². The predicted octanol–water partition coefficient (Wildman–Crippen LogP) is 1.01. The molecule has 0 bridgehead atoms. The van der Waals surface area contributed by atoms with Crippen LogP contribution in [-0.2, 0) is 18.4 Å². The van der Waals surface area contributed by atoms with Gasteiger partial charge >= 0.3 is 0 Å². The van der Waals surface area contributed by atoms with E-state index >= 15 is 0 Å². The molecule has 0 spiro atoms. The van der Waals surface area contributed by atoms with E-state index in [9.17, 15) is 9.59 Å². The van der Waals surface area contributed by atoms with Crippen LogP contribution in [0, 0.1) is 6.92 Å². The average Bonchev–Trinajstić information content (AvgIpc) is 2.75. The Hall–Kier alpha value is -2.70. The number of rotatable bonds is 4. The fourth-order valence-corrected chi connectivity index (χ4v) is 1.85. The molecule has 7 heteroatoms. The molecular formula is C14H17N5O2. The summed E-state index contributed by atoms with van der Waals surface area (Å²) in [6.45, 7) is 3.58. The standard InChI is InChI=1S/C14H17N5O2/c1-9-6-13(19(3)18-9)17-14(21)11-4-5-15-12(7-11)8-16-10(2)20/h4-7H,8H2,1-3H3,(H,16,20)(H,17,21). The molecule has 0 aliphatic heterocycles. The predicted molar refractivity (Wildman–Crippen MR) is 77.7 cm³/mol. The highest BCUT2D eigenvalue weighted by Crippen LogP contribution is 2.10. The lowest BCUT2D eigenvalue weighted by molar-refractivity contribution is -0.119. The van der Waals surface area contributed by atoms with Crippen molar-refractivity contribution in [2.24, 2.45) is 7.05 Å². The lowest BCUT2D eigenvalue weighted by Gasteiger charge is -2.07. The molecule has 0 aliphatic carbocycles. The number of hydrogen-bond donors (Lipinski definition) is 2. The molecule has 2 N–H and O–H groups in total. The minimum absolute atomic E-state index is 0.142. The molecule has 0 radical (unpaired) electrons. The number of carbonyl (C=O) groups is 2. The van der Waals surface area contributed by atoms with Gasteiger partial charge < -0.3 is 10.6 Å². The average molecular weight is 287 g/mol. The Balaban J connectivity index is 2.10. The van der Waals surface area contributed by atoms with Gasteiger partial charge in [0.05, 0.1) is 17.9 Å². The van der Waals surface area contributed by atoms with E-state index in [2.05, 4.69) is 20.7 Å². The summed E-state index contributed by atoms with van der Waals surface area (Å²) in [6.07, 6.45) is 1.54. The molecule has 0 aromatic carbocycles. The normalized spacial score (nSPS) is 10.2. The van der Waals surface area contributed by atoms with Crippen LogP contribution in [0.1, 0.15) is 28.7 Å². The third-order valence-electron chi connectivity index (χ3n) is 2.84. The zero-order chi connectivity index (χ0) is 15.4. The van der Waals surface area contributed by atoms with Gasteiger partial charge in [-0.05, 0) is 19.1 Å². The van der Waals surface area contributed by atoms with Gasteiger partial charge in [-0.2, -0.15) is 5.10 Å². The largest absolute Gasteiger partial charge is 0.351 e. The van der Waals surface area contributed by atoms with Crippen molar-refractivity contribution in [3.8, 4) is 0 Å². The quantitative estimate of drug-likeness (QED) is 0.878. The molecule has 21 heavy (non-hydrogen) atoms. The Kier molecular flexibility index (Phi) is 4.32. The number of amides is 2. The van der Waals surface area contributed by atoms with Crippen LogP contribution in [-0.4, -0.2) is 26.6 Å². The highest BCUT2D eigenvalue weighted by Gasteiger charge is 2.10. The van der Waals surface area contributed by atoms with E-state index in [0.29, 0.717) is 23.6 Å². The fourth-order valence-electron chi connectivity index (χ4n) is 1.85. The molecule has 0 atom stereocenters. The second-order valence-electron chi connectivity index (χ2n) is 4.69. The van der Waals surface area contributed by atoms with E-state index in [1.54, 1.807) is 36.1 Å². The number of anilines is 1. The van der Waals surface area contributed by atoms with Crippen molar-refractivity contribution < 1.29 is 9.59 Å². The summed E-state index contributed by atoms with van der Waals surface area (Å²) in [6, 6.07) is 5.06. The second kappa shape index (κ2) is 6.17. The molecule has 2 rings (SSSR count). The molecule has 0 aliphatic rings. The molecule has 110 valence electrons. The van der Waals surface area contributed by atoms with Crippen LogP contribution in [0.3, 0.4) is 0 Å². The lowest BCUT2D eigenvalue weighted by Crippen LogP contribution is -2.20. The summed E-state index contributed by atoms with van der Waals surface area (Å²) in [5.74, 6) is 0.235. The first-order valence-electron chi connectivity index (χ1n) is 6.47. The van der Waals surface area contributed by atoms with Gasteiger partial charge in [0.25, 0.3) is 5.91 Å². The lowest BCUT2D eigenvalue weighted by atomic mass is 10.2. The summed E-state index contributed by atoms with van der Waals surface area (Å²) < 4.78 is 1.60. The zero-order valence-corrected chi connectivity index (χ0v) is 12.2. The number of carbonyl (C=O) groups excluding carboxylic acids is 2. The topological polar surface area (TPSA) is 88.9 Å². The van der Waals surface area contributed by atoms with Crippen molar-refractivity contribution in [1.82, 2.24) is 20.1 Å². The number of hydrogen-bond acceptors (Lipinski definition) is 4. The smallest absolute Gasteiger partial charge is 0.256 e. The molecule has 2 amide bonds. The number of pyridine rings is 1. The van der Waals surface area contributed by atoms with E-state index in [-0.39, 0.29) is 11.8 Å². The molecule has 0 fully saturated rings. The van der Waals surface area contributed by atoms with Gasteiger partial charge in [0.1, 0.15) is 5.82 Å². The van der Waals surface area contributed by atoms with E-state index in [1.807, 2.05) is 6.92 Å². The SMILES string of the molecule is CC(=O)NCc1cc(C(=O)Nc2cc(C)nn2C)ccn1. The second-order valence-corrected chi connectivity index (χ2v) is 4.69. The highest BCUT2D eigenvalue weighted by atomic mass is 16.2. The van der Waals surface area contributed by atoms with E-state index in [1.165, 1.54) is 6.92 Å². The summed E-state index contributed by atoms with van der Waals surface area (Å²) in [5, 5.41) is 9.59. The summed E-state index contributed by atoms with van der Waals surface area (Å²) >= 11 is 0. The number of aryl methyl sites for hydroxylation is 2. The van der Waals surface area contributed by atoms with Gasteiger partial charge in [-0.25, -0.2) is 0 Å². The van der Waals surface area contributed by atoms with Crippen molar-refractivity contribution in [3.63, 3.8) is 0 Å². The van der Waals surface area contributed by atoms with Crippen LogP contribution in [0.15, 0.2) is 24.4 Å². The van der Waals surface area contributed by atoms with Gasteiger partial charge in [0, 0.05) is 31.8 Å². The first-order valence-corrected chi connectivity index (χ1v) is 6.47. The van der Waals surface area contributed by atoms with Crippen molar-refractivity contribution in [2.45, 2.75) is 20.4 Å². The Morgan fingerprint density at radius 1 is 1.33 bits per heavy atom. The third kappa shape index (κ3) is 3.88. The van der Waals surface area contributed by atoms with Gasteiger partial charge in [-0.3, -0.25) is 19.3 Å². The zero-order valence-electron chi connectivity index (χ0n) is 12.2. The molecular weight excluding hydrogens is 270 g/mol. The van der Waals surface area contributed by atoms with Crippen molar-refractivity contribution >= 4 is 17.6 Å². The Morgan fingerprint density at radius 2 is 2.10 bits per heavy atom. The molecule has 0 unspecified atom stereocenters. The van der Waals surface area contributed by atoms with Crippen molar-refractivity contribution in [1.29, 1.82) is 0 Å². The summed E-state index contributed by atoms with van der Waals surface area (Å²) in [4.78, 5) is 27.2. The molecule has 7 nitrogen and oxygen atoms in total. The maximum atomic E-state index is 12.2. The summed E-state index contributed by atoms with van der Waals surface area (Å²) in [7, 11) is 1.76. The Morgan fingerprint density at radius 3 is 2.71 bits per heavy atom. The fraction of sp³-hybridized carbons (Fsp3) is 0.286. The number of nitrogens with zero attached hydrogens (tertiary/aromatic N) is 3. The maximum Gasteiger partial charge on any atom is 0.256 e. The van der Waals surface area contributed by atoms with Crippen LogP contribution in [0.5, 0.6) is 0 Å². The van der Waals surface area contributed by atoms with Crippen LogP contribution < -0.4 is 10.6 Å². The highest BCUT2D eigenvalue weighted by molar-refractivity contribution is 6.03.